The molecular formula is C14H24N2O2. The van der Waals surface area contributed by atoms with E-state index in [1.165, 1.54) is 0 Å². The molecule has 3 N–H and O–H groups in total. The zero-order valence-corrected chi connectivity index (χ0v) is 11.7. The molecule has 0 bridgehead atoms. The normalized spacial score (nSPS) is 14.1. The van der Waals surface area contributed by atoms with Gasteiger partial charge in [0.1, 0.15) is 11.5 Å². The first kappa shape index (κ1) is 14.8. The predicted octanol–water partition coefficient (Wildman–Crippen LogP) is 2.09. The maximum absolute atomic E-state index is 5.85. The Hall–Kier alpha value is -1.26. The number of hydrogen-bond acceptors (Lipinski definition) is 4. The molecular weight excluding hydrogens is 228 g/mol. The highest BCUT2D eigenvalue weighted by atomic mass is 16.5. The van der Waals surface area contributed by atoms with Gasteiger partial charge in [-0.25, -0.2) is 0 Å². The molecule has 4 heteroatoms. The van der Waals surface area contributed by atoms with Crippen LogP contribution in [-0.2, 0) is 0 Å². The third-order valence-corrected chi connectivity index (χ3v) is 3.15. The highest BCUT2D eigenvalue weighted by Crippen LogP contribution is 2.29. The Morgan fingerprint density at radius 1 is 1.28 bits per heavy atom. The van der Waals surface area contributed by atoms with Gasteiger partial charge in [-0.2, -0.15) is 0 Å². The van der Waals surface area contributed by atoms with E-state index in [9.17, 15) is 0 Å². The molecule has 0 aliphatic rings. The lowest BCUT2D eigenvalue weighted by Gasteiger charge is -2.23. The van der Waals surface area contributed by atoms with Crippen LogP contribution in [-0.4, -0.2) is 26.8 Å². The molecule has 1 aromatic carbocycles. The highest BCUT2D eigenvalue weighted by Gasteiger charge is 2.16. The van der Waals surface area contributed by atoms with E-state index in [0.29, 0.717) is 12.6 Å². The molecule has 0 saturated carbocycles. The summed E-state index contributed by atoms with van der Waals surface area (Å²) in [6, 6.07) is 6.34. The Bertz CT molecular complexity index is 369. The molecule has 0 amide bonds. The lowest BCUT2D eigenvalue weighted by Crippen LogP contribution is -2.34. The summed E-state index contributed by atoms with van der Waals surface area (Å²) in [5, 5.41) is 3.50. The average Bonchev–Trinajstić information content (AvgIpc) is 2.43. The maximum Gasteiger partial charge on any atom is 0.127 e. The lowest BCUT2D eigenvalue weighted by atomic mass is 10.0. The van der Waals surface area contributed by atoms with E-state index in [-0.39, 0.29) is 6.04 Å². The molecule has 0 radical (unpaired) electrons. The van der Waals surface area contributed by atoms with Gasteiger partial charge in [0.2, 0.25) is 0 Å². The smallest absolute Gasteiger partial charge is 0.127 e. The molecule has 0 fully saturated rings. The Morgan fingerprint density at radius 2 is 2.00 bits per heavy atom. The fourth-order valence-electron chi connectivity index (χ4n) is 1.85. The predicted molar refractivity (Wildman–Crippen MR) is 74.2 cm³/mol. The fourth-order valence-corrected chi connectivity index (χ4v) is 1.85. The summed E-state index contributed by atoms with van der Waals surface area (Å²) in [7, 11) is 3.31. The number of rotatable bonds is 7. The number of methoxy groups -OCH3 is 2. The van der Waals surface area contributed by atoms with Gasteiger partial charge in [-0.05, 0) is 19.4 Å². The summed E-state index contributed by atoms with van der Waals surface area (Å²) in [6.07, 6.45) is 1.06. The van der Waals surface area contributed by atoms with Crippen LogP contribution in [0.5, 0.6) is 11.5 Å². The Morgan fingerprint density at radius 3 is 2.50 bits per heavy atom. The Balaban J connectivity index is 2.97. The second-order valence-corrected chi connectivity index (χ2v) is 4.37. The van der Waals surface area contributed by atoms with Crippen molar-refractivity contribution in [2.45, 2.75) is 32.4 Å². The number of ether oxygens (including phenoxy) is 2. The zero-order chi connectivity index (χ0) is 13.5. The van der Waals surface area contributed by atoms with Crippen molar-refractivity contribution in [3.8, 4) is 11.5 Å². The van der Waals surface area contributed by atoms with E-state index < -0.39 is 0 Å². The van der Waals surface area contributed by atoms with Crippen molar-refractivity contribution in [3.05, 3.63) is 23.8 Å². The van der Waals surface area contributed by atoms with Gasteiger partial charge < -0.3 is 20.5 Å². The van der Waals surface area contributed by atoms with Crippen molar-refractivity contribution >= 4 is 0 Å². The van der Waals surface area contributed by atoms with Crippen LogP contribution in [0.15, 0.2) is 18.2 Å². The molecule has 102 valence electrons. The SMILES string of the molecule is CCC(C)NC(CN)c1ccc(OC)cc1OC. The van der Waals surface area contributed by atoms with Crippen molar-refractivity contribution in [3.63, 3.8) is 0 Å². The molecule has 4 nitrogen and oxygen atoms in total. The molecule has 0 saturated heterocycles. The molecule has 1 aromatic rings. The molecule has 0 spiro atoms. The molecule has 0 aliphatic heterocycles. The Kier molecular flexibility index (Phi) is 5.95. The Labute approximate surface area is 109 Å². The van der Waals surface area contributed by atoms with Gasteiger partial charge in [-0.3, -0.25) is 0 Å². The highest BCUT2D eigenvalue weighted by molar-refractivity contribution is 5.42. The van der Waals surface area contributed by atoms with Crippen LogP contribution in [0.3, 0.4) is 0 Å². The summed E-state index contributed by atoms with van der Waals surface area (Å²) < 4.78 is 10.6. The number of nitrogens with two attached hydrogens (primary N) is 1. The standard InChI is InChI=1S/C14H24N2O2/c1-5-10(2)16-13(9-15)12-7-6-11(17-3)8-14(12)18-4/h6-8,10,13,16H,5,9,15H2,1-4H3. The van der Waals surface area contributed by atoms with Crippen molar-refractivity contribution in [2.24, 2.45) is 5.73 Å². The van der Waals surface area contributed by atoms with Crippen molar-refractivity contribution in [1.29, 1.82) is 0 Å². The quantitative estimate of drug-likeness (QED) is 0.780. The first-order valence-corrected chi connectivity index (χ1v) is 6.34. The second-order valence-electron chi connectivity index (χ2n) is 4.37. The van der Waals surface area contributed by atoms with Gasteiger partial charge in [0.05, 0.1) is 14.2 Å². The van der Waals surface area contributed by atoms with E-state index in [0.717, 1.165) is 23.5 Å². The number of benzene rings is 1. The van der Waals surface area contributed by atoms with Crippen LogP contribution < -0.4 is 20.5 Å². The average molecular weight is 252 g/mol. The molecule has 18 heavy (non-hydrogen) atoms. The van der Waals surface area contributed by atoms with Crippen LogP contribution in [0.2, 0.25) is 0 Å². The minimum absolute atomic E-state index is 0.0980. The third-order valence-electron chi connectivity index (χ3n) is 3.15. The first-order valence-electron chi connectivity index (χ1n) is 6.34. The summed E-state index contributed by atoms with van der Waals surface area (Å²) >= 11 is 0. The second kappa shape index (κ2) is 7.24. The van der Waals surface area contributed by atoms with Crippen LogP contribution in [0, 0.1) is 0 Å². The maximum atomic E-state index is 5.85. The summed E-state index contributed by atoms with van der Waals surface area (Å²) in [5.74, 6) is 1.59. The largest absolute Gasteiger partial charge is 0.497 e. The van der Waals surface area contributed by atoms with Gasteiger partial charge >= 0.3 is 0 Å². The van der Waals surface area contributed by atoms with Gasteiger partial charge in [0.25, 0.3) is 0 Å². The number of hydrogen-bond donors (Lipinski definition) is 2. The van der Waals surface area contributed by atoms with E-state index >= 15 is 0 Å². The lowest BCUT2D eigenvalue weighted by molar-refractivity contribution is 0.378. The topological polar surface area (TPSA) is 56.5 Å². The van der Waals surface area contributed by atoms with Crippen LogP contribution >= 0.6 is 0 Å². The minimum atomic E-state index is 0.0980. The van der Waals surface area contributed by atoms with Crippen molar-refractivity contribution in [1.82, 2.24) is 5.32 Å². The monoisotopic (exact) mass is 252 g/mol. The van der Waals surface area contributed by atoms with Gasteiger partial charge in [0, 0.05) is 30.3 Å². The summed E-state index contributed by atoms with van der Waals surface area (Å²) in [5.41, 5.74) is 6.92. The molecule has 2 unspecified atom stereocenters. The summed E-state index contributed by atoms with van der Waals surface area (Å²) in [6.45, 7) is 4.84. The van der Waals surface area contributed by atoms with Crippen LogP contribution in [0.1, 0.15) is 31.9 Å². The molecule has 0 aromatic heterocycles. The van der Waals surface area contributed by atoms with Gasteiger partial charge in [-0.1, -0.05) is 13.0 Å². The molecule has 0 aliphatic carbocycles. The van der Waals surface area contributed by atoms with Crippen molar-refractivity contribution < 1.29 is 9.47 Å². The van der Waals surface area contributed by atoms with Gasteiger partial charge in [-0.15, -0.1) is 0 Å². The number of nitrogens with one attached hydrogen (secondary N) is 1. The minimum Gasteiger partial charge on any atom is -0.497 e. The van der Waals surface area contributed by atoms with Crippen LogP contribution in [0.4, 0.5) is 0 Å². The van der Waals surface area contributed by atoms with E-state index in [2.05, 4.69) is 19.2 Å². The fraction of sp³-hybridized carbons (Fsp3) is 0.571. The first-order chi connectivity index (χ1) is 8.65. The third kappa shape index (κ3) is 3.62. The zero-order valence-electron chi connectivity index (χ0n) is 11.7. The molecule has 2 atom stereocenters. The van der Waals surface area contributed by atoms with Crippen LogP contribution in [0.25, 0.3) is 0 Å². The van der Waals surface area contributed by atoms with Gasteiger partial charge in [0.15, 0.2) is 0 Å². The van der Waals surface area contributed by atoms with Crippen molar-refractivity contribution in [2.75, 3.05) is 20.8 Å². The van der Waals surface area contributed by atoms with E-state index in [1.807, 2.05) is 18.2 Å². The summed E-state index contributed by atoms with van der Waals surface area (Å²) in [4.78, 5) is 0. The van der Waals surface area contributed by atoms with E-state index in [4.69, 9.17) is 15.2 Å². The molecule has 1 rings (SSSR count). The van der Waals surface area contributed by atoms with E-state index in [1.54, 1.807) is 14.2 Å². The molecule has 0 heterocycles.